The predicted molar refractivity (Wildman–Crippen MR) is 114 cm³/mol. The van der Waals surface area contributed by atoms with Gasteiger partial charge in [0.25, 0.3) is 11.5 Å². The second-order valence-electron chi connectivity index (χ2n) is 6.68. The van der Waals surface area contributed by atoms with E-state index < -0.39 is 15.9 Å². The van der Waals surface area contributed by atoms with Crippen molar-refractivity contribution in [1.29, 1.82) is 0 Å². The normalized spacial score (nSPS) is 15.1. The van der Waals surface area contributed by atoms with Gasteiger partial charge in [0, 0.05) is 25.7 Å². The highest BCUT2D eigenvalue weighted by Crippen LogP contribution is 2.17. The minimum Gasteiger partial charge on any atom is -0.379 e. The maximum Gasteiger partial charge on any atom is 0.270 e. The molecule has 1 aliphatic heterocycles. The lowest BCUT2D eigenvalue weighted by atomic mass is 10.1. The first-order valence-electron chi connectivity index (χ1n) is 9.44. The van der Waals surface area contributed by atoms with Crippen LogP contribution in [0.2, 0.25) is 0 Å². The van der Waals surface area contributed by atoms with Crippen LogP contribution in [0.4, 0.5) is 0 Å². The molecule has 0 unspecified atom stereocenters. The topological polar surface area (TPSA) is 121 Å². The van der Waals surface area contributed by atoms with Crippen LogP contribution in [0.1, 0.15) is 21.9 Å². The number of hydrogen-bond acceptors (Lipinski definition) is 7. The fraction of sp³-hybridized carbons (Fsp3) is 0.421. The molecule has 9 nitrogen and oxygen atoms in total. The number of carbonyl (C=O) groups excluding carboxylic acids is 1. The molecule has 0 aliphatic carbocycles. The Bertz CT molecular complexity index is 1030. The Kier molecular flexibility index (Phi) is 7.64. The number of ether oxygens (including phenoxy) is 1. The van der Waals surface area contributed by atoms with Crippen molar-refractivity contribution in [2.24, 2.45) is 0 Å². The summed E-state index contributed by atoms with van der Waals surface area (Å²) in [5.74, 6) is 0.544. The maximum atomic E-state index is 12.6. The Morgan fingerprint density at radius 1 is 1.27 bits per heavy atom. The predicted octanol–water partition coefficient (Wildman–Crippen LogP) is 0.626. The van der Waals surface area contributed by atoms with Gasteiger partial charge in [0.2, 0.25) is 10.0 Å². The van der Waals surface area contributed by atoms with E-state index in [4.69, 9.17) is 4.74 Å². The van der Waals surface area contributed by atoms with Gasteiger partial charge in [0.15, 0.2) is 0 Å². The molecule has 2 aromatic rings. The number of amides is 1. The summed E-state index contributed by atoms with van der Waals surface area (Å²) in [7, 11) is -3.52. The first kappa shape index (κ1) is 22.5. The molecule has 0 radical (unpaired) electrons. The van der Waals surface area contributed by atoms with Crippen LogP contribution in [0.15, 0.2) is 40.0 Å². The molecular weight excluding hydrogens is 428 g/mol. The number of hydrogen-bond donors (Lipinski definition) is 2. The Labute approximate surface area is 179 Å². The molecule has 0 atom stereocenters. The molecule has 1 amide bonds. The van der Waals surface area contributed by atoms with E-state index in [0.717, 1.165) is 5.56 Å². The molecule has 1 aliphatic rings. The van der Waals surface area contributed by atoms with Crippen LogP contribution >= 0.6 is 11.8 Å². The number of aromatic amines is 1. The molecule has 3 rings (SSSR count). The van der Waals surface area contributed by atoms with Crippen LogP contribution in [0.5, 0.6) is 0 Å². The van der Waals surface area contributed by atoms with Crippen LogP contribution in [-0.4, -0.2) is 67.7 Å². The van der Waals surface area contributed by atoms with Gasteiger partial charge in [-0.15, -0.1) is 0 Å². The largest absolute Gasteiger partial charge is 0.379 e. The van der Waals surface area contributed by atoms with Gasteiger partial charge < -0.3 is 15.0 Å². The first-order chi connectivity index (χ1) is 14.4. The number of benzene rings is 1. The number of thioether (sulfide) groups is 1. The molecule has 1 aromatic heterocycles. The van der Waals surface area contributed by atoms with Crippen molar-refractivity contribution in [2.45, 2.75) is 17.1 Å². The van der Waals surface area contributed by atoms with Crippen LogP contribution in [0, 0.1) is 0 Å². The van der Waals surface area contributed by atoms with Crippen molar-refractivity contribution >= 4 is 27.7 Å². The average molecular weight is 453 g/mol. The molecule has 0 bridgehead atoms. The number of H-pyrrole nitrogens is 1. The molecule has 11 heteroatoms. The van der Waals surface area contributed by atoms with Crippen LogP contribution in [-0.2, 0) is 26.9 Å². The second-order valence-corrected chi connectivity index (χ2v) is 9.48. The van der Waals surface area contributed by atoms with Crippen LogP contribution in [0.3, 0.4) is 0 Å². The summed E-state index contributed by atoms with van der Waals surface area (Å²) < 4.78 is 31.9. The Morgan fingerprint density at radius 2 is 1.97 bits per heavy atom. The summed E-state index contributed by atoms with van der Waals surface area (Å²) >= 11 is 1.49. The quantitative estimate of drug-likeness (QED) is 0.602. The van der Waals surface area contributed by atoms with Crippen molar-refractivity contribution in [2.75, 3.05) is 39.1 Å². The van der Waals surface area contributed by atoms with Crippen LogP contribution < -0.4 is 10.9 Å². The summed E-state index contributed by atoms with van der Waals surface area (Å²) in [4.78, 5) is 30.9. The fourth-order valence-corrected chi connectivity index (χ4v) is 4.82. The van der Waals surface area contributed by atoms with E-state index in [1.165, 1.54) is 22.1 Å². The SMILES string of the molecule is CSCc1nc(C(=O)NCCc2ccc(S(=O)(=O)N3CCOCC3)cc2)cc(=O)[nH]1. The van der Waals surface area contributed by atoms with Gasteiger partial charge in [-0.2, -0.15) is 16.1 Å². The molecule has 1 saturated heterocycles. The van der Waals surface area contributed by atoms with E-state index in [9.17, 15) is 18.0 Å². The standard InChI is InChI=1S/C19H24N4O5S2/c1-29-13-17-21-16(12-18(24)22-17)19(25)20-7-6-14-2-4-15(5-3-14)30(26,27)23-8-10-28-11-9-23/h2-5,12H,6-11,13H2,1H3,(H,20,25)(H,21,22,24). The molecule has 1 fully saturated rings. The zero-order valence-electron chi connectivity index (χ0n) is 16.6. The molecular formula is C19H24N4O5S2. The minimum absolute atomic E-state index is 0.0785. The second kappa shape index (κ2) is 10.2. The third kappa shape index (κ3) is 5.69. The smallest absolute Gasteiger partial charge is 0.270 e. The Hall–Kier alpha value is -2.21. The third-order valence-electron chi connectivity index (χ3n) is 4.53. The van der Waals surface area contributed by atoms with Crippen molar-refractivity contribution in [3.63, 3.8) is 0 Å². The number of rotatable bonds is 8. The maximum absolute atomic E-state index is 12.6. The summed E-state index contributed by atoms with van der Waals surface area (Å²) in [6, 6.07) is 7.80. The van der Waals surface area contributed by atoms with E-state index in [2.05, 4.69) is 15.3 Å². The van der Waals surface area contributed by atoms with Gasteiger partial charge in [-0.3, -0.25) is 9.59 Å². The highest BCUT2D eigenvalue weighted by atomic mass is 32.2. The van der Waals surface area contributed by atoms with Crippen molar-refractivity contribution in [3.8, 4) is 0 Å². The van der Waals surface area contributed by atoms with Crippen molar-refractivity contribution in [3.05, 3.63) is 57.8 Å². The number of morpholine rings is 1. The lowest BCUT2D eigenvalue weighted by Crippen LogP contribution is -2.40. The van der Waals surface area contributed by atoms with Gasteiger partial charge in [0.05, 0.1) is 23.9 Å². The zero-order valence-corrected chi connectivity index (χ0v) is 18.2. The van der Waals surface area contributed by atoms with E-state index in [0.29, 0.717) is 50.8 Å². The third-order valence-corrected chi connectivity index (χ3v) is 7.01. The summed E-state index contributed by atoms with van der Waals surface area (Å²) in [6.07, 6.45) is 2.40. The Balaban J connectivity index is 1.56. The number of aromatic nitrogens is 2. The van der Waals surface area contributed by atoms with Crippen LogP contribution in [0.25, 0.3) is 0 Å². The van der Waals surface area contributed by atoms with Gasteiger partial charge in [0.1, 0.15) is 11.5 Å². The van der Waals surface area contributed by atoms with E-state index in [-0.39, 0.29) is 16.1 Å². The van der Waals surface area contributed by atoms with Crippen molar-refractivity contribution in [1.82, 2.24) is 19.6 Å². The lowest BCUT2D eigenvalue weighted by molar-refractivity contribution is 0.0730. The lowest BCUT2D eigenvalue weighted by Gasteiger charge is -2.26. The average Bonchev–Trinajstić information content (AvgIpc) is 2.74. The van der Waals surface area contributed by atoms with Gasteiger partial charge in [-0.1, -0.05) is 12.1 Å². The molecule has 1 aromatic carbocycles. The van der Waals surface area contributed by atoms with E-state index in [1.807, 2.05) is 6.26 Å². The summed E-state index contributed by atoms with van der Waals surface area (Å²) in [6.45, 7) is 1.84. The highest BCUT2D eigenvalue weighted by Gasteiger charge is 2.26. The zero-order chi connectivity index (χ0) is 21.6. The summed E-state index contributed by atoms with van der Waals surface area (Å²) in [5, 5.41) is 2.74. The van der Waals surface area contributed by atoms with E-state index in [1.54, 1.807) is 24.3 Å². The molecule has 0 spiro atoms. The first-order valence-corrected chi connectivity index (χ1v) is 12.3. The molecule has 162 valence electrons. The Morgan fingerprint density at radius 3 is 2.63 bits per heavy atom. The number of carbonyl (C=O) groups is 1. The molecule has 30 heavy (non-hydrogen) atoms. The molecule has 2 N–H and O–H groups in total. The highest BCUT2D eigenvalue weighted by molar-refractivity contribution is 7.97. The number of nitrogens with zero attached hydrogens (tertiary/aromatic N) is 2. The molecule has 2 heterocycles. The fourth-order valence-electron chi connectivity index (χ4n) is 3.00. The number of sulfonamides is 1. The van der Waals surface area contributed by atoms with Gasteiger partial charge in [-0.25, -0.2) is 13.4 Å². The van der Waals surface area contributed by atoms with Gasteiger partial charge >= 0.3 is 0 Å². The van der Waals surface area contributed by atoms with Crippen molar-refractivity contribution < 1.29 is 17.9 Å². The summed E-state index contributed by atoms with van der Waals surface area (Å²) in [5.41, 5.74) is 0.601. The molecule has 0 saturated carbocycles. The van der Waals surface area contributed by atoms with Gasteiger partial charge in [-0.05, 0) is 30.4 Å². The monoisotopic (exact) mass is 452 g/mol. The number of nitrogens with one attached hydrogen (secondary N) is 2. The van der Waals surface area contributed by atoms with E-state index >= 15 is 0 Å². The minimum atomic E-state index is -3.52.